The predicted octanol–water partition coefficient (Wildman–Crippen LogP) is 1.07. The van der Waals surface area contributed by atoms with Crippen molar-refractivity contribution in [3.8, 4) is 0 Å². The summed E-state index contributed by atoms with van der Waals surface area (Å²) in [4.78, 5) is 0. The fourth-order valence-electron chi connectivity index (χ4n) is 1.68. The van der Waals surface area contributed by atoms with Crippen molar-refractivity contribution in [3.63, 3.8) is 0 Å². The second kappa shape index (κ2) is 7.25. The zero-order valence-electron chi connectivity index (χ0n) is 11.0. The van der Waals surface area contributed by atoms with Gasteiger partial charge in [0.25, 0.3) is 0 Å². The van der Waals surface area contributed by atoms with Gasteiger partial charge in [-0.1, -0.05) is 19.9 Å². The molecule has 108 valence electrons. The molecule has 0 unspecified atom stereocenters. The molecule has 5 nitrogen and oxygen atoms in total. The van der Waals surface area contributed by atoms with E-state index < -0.39 is 25.1 Å². The molecule has 2 N–H and O–H groups in total. The highest BCUT2D eigenvalue weighted by Gasteiger charge is 2.24. The number of sulfonamides is 1. The topological polar surface area (TPSA) is 94.3 Å². The van der Waals surface area contributed by atoms with E-state index in [1.54, 1.807) is 6.08 Å². The molecule has 0 spiro atoms. The molecule has 18 heavy (non-hydrogen) atoms. The summed E-state index contributed by atoms with van der Waals surface area (Å²) in [6.07, 6.45) is 2.48. The molecule has 0 amide bonds. The largest absolute Gasteiger partial charge is 0.229 e. The SMILES string of the molecule is C=CCC[C@@H](CCS(=O)(=O)CC(C)C)S(N)(=O)=O. The van der Waals surface area contributed by atoms with Crippen molar-refractivity contribution in [1.82, 2.24) is 0 Å². The van der Waals surface area contributed by atoms with Crippen LogP contribution in [0.2, 0.25) is 0 Å². The summed E-state index contributed by atoms with van der Waals surface area (Å²) in [6, 6.07) is 0. The number of rotatable bonds is 9. The molecule has 0 fully saturated rings. The lowest BCUT2D eigenvalue weighted by molar-refractivity contribution is 0.561. The summed E-state index contributed by atoms with van der Waals surface area (Å²) in [7, 11) is -6.91. The number of allylic oxidation sites excluding steroid dienone is 1. The van der Waals surface area contributed by atoms with Crippen molar-refractivity contribution in [2.24, 2.45) is 11.1 Å². The van der Waals surface area contributed by atoms with Gasteiger partial charge < -0.3 is 0 Å². The molecule has 7 heteroatoms. The van der Waals surface area contributed by atoms with Crippen LogP contribution in [0.15, 0.2) is 12.7 Å². The molecule has 0 aromatic heterocycles. The van der Waals surface area contributed by atoms with E-state index in [0.29, 0.717) is 12.8 Å². The first-order valence-corrected chi connectivity index (χ1v) is 9.34. The van der Waals surface area contributed by atoms with Gasteiger partial charge in [-0.2, -0.15) is 0 Å². The first-order chi connectivity index (χ1) is 8.08. The number of hydrogen-bond acceptors (Lipinski definition) is 4. The molecule has 0 saturated carbocycles. The van der Waals surface area contributed by atoms with Crippen molar-refractivity contribution < 1.29 is 16.8 Å². The first-order valence-electron chi connectivity index (χ1n) is 5.91. The highest BCUT2D eigenvalue weighted by molar-refractivity contribution is 7.91. The molecule has 0 aromatic carbocycles. The first kappa shape index (κ1) is 17.6. The Balaban J connectivity index is 4.58. The van der Waals surface area contributed by atoms with Gasteiger partial charge in [0, 0.05) is 0 Å². The van der Waals surface area contributed by atoms with Crippen molar-refractivity contribution in [2.75, 3.05) is 11.5 Å². The van der Waals surface area contributed by atoms with Crippen LogP contribution in [0.1, 0.15) is 33.1 Å². The maximum Gasteiger partial charge on any atom is 0.212 e. The lowest BCUT2D eigenvalue weighted by Gasteiger charge is -2.14. The van der Waals surface area contributed by atoms with E-state index in [9.17, 15) is 16.8 Å². The number of primary sulfonamides is 1. The second-order valence-corrected chi connectivity index (χ2v) is 8.95. The molecular weight excluding hydrogens is 274 g/mol. The summed E-state index contributed by atoms with van der Waals surface area (Å²) in [5, 5.41) is 4.29. The molecule has 0 saturated heterocycles. The number of sulfone groups is 1. The standard InChI is InChI=1S/C11H23NO4S2/c1-4-5-6-11(18(12,15)16)7-8-17(13,14)9-10(2)3/h4,10-11H,1,5-9H2,2-3H3,(H2,12,15,16)/t11-/m0/s1. The summed E-state index contributed by atoms with van der Waals surface area (Å²) < 4.78 is 46.0. The fraction of sp³-hybridized carbons (Fsp3) is 0.818. The normalized spacial score (nSPS) is 14.7. The van der Waals surface area contributed by atoms with Gasteiger partial charge in [-0.25, -0.2) is 22.0 Å². The Bertz CT molecular complexity index is 451. The Hall–Kier alpha value is -0.400. The quantitative estimate of drug-likeness (QED) is 0.644. The minimum absolute atomic E-state index is 0.0381. The van der Waals surface area contributed by atoms with Gasteiger partial charge in [-0.15, -0.1) is 6.58 Å². The molecule has 1 atom stereocenters. The molecule has 0 heterocycles. The van der Waals surface area contributed by atoms with Gasteiger partial charge in [0.1, 0.15) is 0 Å². The molecule has 0 aliphatic carbocycles. The number of hydrogen-bond donors (Lipinski definition) is 1. The van der Waals surface area contributed by atoms with E-state index in [1.807, 2.05) is 13.8 Å². The summed E-state index contributed by atoms with van der Waals surface area (Å²) in [5.41, 5.74) is 0. The molecule has 0 aliphatic rings. The lowest BCUT2D eigenvalue weighted by Crippen LogP contribution is -2.31. The maximum atomic E-state index is 11.7. The highest BCUT2D eigenvalue weighted by Crippen LogP contribution is 2.13. The average molecular weight is 297 g/mol. The molecule has 0 rings (SSSR count). The van der Waals surface area contributed by atoms with Crippen LogP contribution >= 0.6 is 0 Å². The minimum atomic E-state index is -3.70. The molecule has 0 aliphatic heterocycles. The average Bonchev–Trinajstić information content (AvgIpc) is 2.13. The van der Waals surface area contributed by atoms with Crippen LogP contribution in [0.25, 0.3) is 0 Å². The minimum Gasteiger partial charge on any atom is -0.229 e. The van der Waals surface area contributed by atoms with E-state index in [1.165, 1.54) is 0 Å². The Morgan fingerprint density at radius 3 is 2.11 bits per heavy atom. The van der Waals surface area contributed by atoms with Crippen LogP contribution < -0.4 is 5.14 Å². The van der Waals surface area contributed by atoms with Gasteiger partial charge in [0.2, 0.25) is 10.0 Å². The second-order valence-electron chi connectivity index (χ2n) is 4.87. The summed E-state index contributed by atoms with van der Waals surface area (Å²) >= 11 is 0. The van der Waals surface area contributed by atoms with Crippen LogP contribution in [0.3, 0.4) is 0 Å². The molecule has 0 bridgehead atoms. The zero-order chi connectivity index (χ0) is 14.4. The summed E-state index contributed by atoms with van der Waals surface area (Å²) in [5.74, 6) is -0.0222. The van der Waals surface area contributed by atoms with Crippen LogP contribution in [-0.2, 0) is 19.9 Å². The van der Waals surface area contributed by atoms with Gasteiger partial charge in [-0.05, 0) is 25.2 Å². The highest BCUT2D eigenvalue weighted by atomic mass is 32.2. The van der Waals surface area contributed by atoms with E-state index in [2.05, 4.69) is 6.58 Å². The summed E-state index contributed by atoms with van der Waals surface area (Å²) in [6.45, 7) is 7.13. The van der Waals surface area contributed by atoms with Gasteiger partial charge in [0.05, 0.1) is 16.8 Å². The third kappa shape index (κ3) is 7.84. The van der Waals surface area contributed by atoms with Crippen molar-refractivity contribution >= 4 is 19.9 Å². The van der Waals surface area contributed by atoms with Crippen molar-refractivity contribution in [1.29, 1.82) is 0 Å². The van der Waals surface area contributed by atoms with E-state index >= 15 is 0 Å². The van der Waals surface area contributed by atoms with Crippen LogP contribution in [0.4, 0.5) is 0 Å². The third-order valence-electron chi connectivity index (χ3n) is 2.50. The smallest absolute Gasteiger partial charge is 0.212 e. The van der Waals surface area contributed by atoms with Crippen LogP contribution in [0.5, 0.6) is 0 Å². The van der Waals surface area contributed by atoms with Crippen molar-refractivity contribution in [3.05, 3.63) is 12.7 Å². The maximum absolute atomic E-state index is 11.7. The molecular formula is C11H23NO4S2. The van der Waals surface area contributed by atoms with Crippen LogP contribution in [0, 0.1) is 5.92 Å². The van der Waals surface area contributed by atoms with E-state index in [-0.39, 0.29) is 23.8 Å². The van der Waals surface area contributed by atoms with E-state index in [0.717, 1.165) is 0 Å². The van der Waals surface area contributed by atoms with Crippen LogP contribution in [-0.4, -0.2) is 33.6 Å². The van der Waals surface area contributed by atoms with Gasteiger partial charge in [0.15, 0.2) is 9.84 Å². The Kier molecular flexibility index (Phi) is 7.09. The predicted molar refractivity (Wildman–Crippen MR) is 74.4 cm³/mol. The van der Waals surface area contributed by atoms with Gasteiger partial charge in [-0.3, -0.25) is 0 Å². The van der Waals surface area contributed by atoms with Crippen molar-refractivity contribution in [2.45, 2.75) is 38.4 Å². The Labute approximate surface area is 110 Å². The monoisotopic (exact) mass is 297 g/mol. The fourth-order valence-corrected chi connectivity index (χ4v) is 4.57. The zero-order valence-corrected chi connectivity index (χ0v) is 12.6. The van der Waals surface area contributed by atoms with E-state index in [4.69, 9.17) is 5.14 Å². The lowest BCUT2D eigenvalue weighted by atomic mass is 10.2. The molecule has 0 radical (unpaired) electrons. The van der Waals surface area contributed by atoms with Gasteiger partial charge >= 0.3 is 0 Å². The molecule has 0 aromatic rings. The Morgan fingerprint density at radius 2 is 1.72 bits per heavy atom. The Morgan fingerprint density at radius 1 is 1.17 bits per heavy atom. The third-order valence-corrected chi connectivity index (χ3v) is 5.93. The number of nitrogens with two attached hydrogens (primary N) is 1.